The SMILES string of the molecule is NC1CCCN(C(=O)c2ccccc2SCC(=O)NCC2CCCCC2)C1. The lowest BCUT2D eigenvalue weighted by Gasteiger charge is -2.31. The van der Waals surface area contributed by atoms with Gasteiger partial charge < -0.3 is 16.0 Å². The molecule has 1 aliphatic carbocycles. The summed E-state index contributed by atoms with van der Waals surface area (Å²) in [5, 5.41) is 3.07. The quantitative estimate of drug-likeness (QED) is 0.733. The predicted octanol–water partition coefficient (Wildman–Crippen LogP) is 3.04. The standard InChI is InChI=1S/C21H31N3O2S/c22-17-9-6-12-24(14-17)21(26)18-10-4-5-11-19(18)27-15-20(25)23-13-16-7-2-1-3-8-16/h4-5,10-11,16-17H,1-3,6-9,12-15,22H2,(H,23,25). The molecule has 1 unspecified atom stereocenters. The smallest absolute Gasteiger partial charge is 0.255 e. The maximum atomic E-state index is 12.9. The van der Waals surface area contributed by atoms with Gasteiger partial charge in [0.1, 0.15) is 0 Å². The zero-order valence-corrected chi connectivity index (χ0v) is 16.8. The minimum absolute atomic E-state index is 0.0239. The molecular formula is C21H31N3O2S. The van der Waals surface area contributed by atoms with Crippen LogP contribution in [0.4, 0.5) is 0 Å². The highest BCUT2D eigenvalue weighted by Crippen LogP contribution is 2.25. The Hall–Kier alpha value is -1.53. The van der Waals surface area contributed by atoms with Crippen molar-refractivity contribution in [2.24, 2.45) is 11.7 Å². The number of amides is 2. The van der Waals surface area contributed by atoms with Gasteiger partial charge in [0.05, 0.1) is 11.3 Å². The maximum Gasteiger partial charge on any atom is 0.255 e. The molecule has 2 fully saturated rings. The van der Waals surface area contributed by atoms with Crippen LogP contribution in [0.25, 0.3) is 0 Å². The van der Waals surface area contributed by atoms with Crippen LogP contribution in [0, 0.1) is 5.92 Å². The number of benzene rings is 1. The molecule has 148 valence electrons. The minimum Gasteiger partial charge on any atom is -0.355 e. The van der Waals surface area contributed by atoms with E-state index in [4.69, 9.17) is 5.73 Å². The van der Waals surface area contributed by atoms with Crippen LogP contribution in [0.15, 0.2) is 29.2 Å². The minimum atomic E-state index is 0.0239. The molecule has 2 aliphatic rings. The van der Waals surface area contributed by atoms with Gasteiger partial charge in [0.25, 0.3) is 5.91 Å². The summed E-state index contributed by atoms with van der Waals surface area (Å²) in [5.41, 5.74) is 6.70. The lowest BCUT2D eigenvalue weighted by Crippen LogP contribution is -2.45. The molecule has 6 heteroatoms. The fourth-order valence-corrected chi connectivity index (χ4v) is 4.85. The Morgan fingerprint density at radius 3 is 2.67 bits per heavy atom. The largest absolute Gasteiger partial charge is 0.355 e. The first-order valence-corrected chi connectivity index (χ1v) is 11.2. The molecule has 1 aromatic carbocycles. The number of carbonyl (C=O) groups is 2. The highest BCUT2D eigenvalue weighted by atomic mass is 32.2. The molecule has 3 rings (SSSR count). The van der Waals surface area contributed by atoms with E-state index < -0.39 is 0 Å². The summed E-state index contributed by atoms with van der Waals surface area (Å²) < 4.78 is 0. The zero-order valence-electron chi connectivity index (χ0n) is 16.0. The summed E-state index contributed by atoms with van der Waals surface area (Å²) in [7, 11) is 0. The number of piperidine rings is 1. The number of nitrogens with zero attached hydrogens (tertiary/aromatic N) is 1. The molecule has 1 heterocycles. The number of carbonyl (C=O) groups excluding carboxylic acids is 2. The number of hydrogen-bond donors (Lipinski definition) is 2. The van der Waals surface area contributed by atoms with Crippen LogP contribution < -0.4 is 11.1 Å². The van der Waals surface area contributed by atoms with Gasteiger partial charge in [-0.1, -0.05) is 31.4 Å². The first-order valence-electron chi connectivity index (χ1n) is 10.2. The van der Waals surface area contributed by atoms with Crippen molar-refractivity contribution in [2.75, 3.05) is 25.4 Å². The lowest BCUT2D eigenvalue weighted by atomic mass is 9.89. The second kappa shape index (κ2) is 10.1. The molecule has 2 amide bonds. The molecule has 1 atom stereocenters. The lowest BCUT2D eigenvalue weighted by molar-refractivity contribution is -0.118. The molecule has 1 saturated heterocycles. The Morgan fingerprint density at radius 2 is 1.89 bits per heavy atom. The number of likely N-dealkylation sites (tertiary alicyclic amines) is 1. The summed E-state index contributed by atoms with van der Waals surface area (Å²) in [6, 6.07) is 7.64. The van der Waals surface area contributed by atoms with Gasteiger partial charge in [0, 0.05) is 30.6 Å². The van der Waals surface area contributed by atoms with Crippen molar-refractivity contribution in [1.29, 1.82) is 0 Å². The van der Waals surface area contributed by atoms with Crippen molar-refractivity contribution in [3.05, 3.63) is 29.8 Å². The molecule has 0 spiro atoms. The summed E-state index contributed by atoms with van der Waals surface area (Å²) >= 11 is 1.44. The van der Waals surface area contributed by atoms with Crippen LogP contribution >= 0.6 is 11.8 Å². The van der Waals surface area contributed by atoms with Gasteiger partial charge >= 0.3 is 0 Å². The third-order valence-electron chi connectivity index (χ3n) is 5.53. The average molecular weight is 390 g/mol. The van der Waals surface area contributed by atoms with Gasteiger partial charge in [0.15, 0.2) is 0 Å². The third kappa shape index (κ3) is 5.98. The van der Waals surface area contributed by atoms with Crippen LogP contribution in [0.1, 0.15) is 55.3 Å². The predicted molar refractivity (Wildman–Crippen MR) is 110 cm³/mol. The van der Waals surface area contributed by atoms with Crippen LogP contribution in [-0.2, 0) is 4.79 Å². The molecule has 1 saturated carbocycles. The Bertz CT molecular complexity index is 646. The average Bonchev–Trinajstić information content (AvgIpc) is 2.71. The summed E-state index contributed by atoms with van der Waals surface area (Å²) in [5.74, 6) is 1.05. The van der Waals surface area contributed by atoms with E-state index in [9.17, 15) is 9.59 Å². The fourth-order valence-electron chi connectivity index (χ4n) is 3.98. The number of nitrogens with one attached hydrogen (secondary N) is 1. The van der Waals surface area contributed by atoms with Crippen molar-refractivity contribution in [3.8, 4) is 0 Å². The third-order valence-corrected chi connectivity index (χ3v) is 6.61. The van der Waals surface area contributed by atoms with E-state index in [-0.39, 0.29) is 17.9 Å². The summed E-state index contributed by atoms with van der Waals surface area (Å²) in [4.78, 5) is 27.9. The van der Waals surface area contributed by atoms with E-state index in [1.165, 1.54) is 43.9 Å². The second-order valence-electron chi connectivity index (χ2n) is 7.75. The first-order chi connectivity index (χ1) is 13.1. The Labute approximate surface area is 166 Å². The molecular weight excluding hydrogens is 358 g/mol. The highest BCUT2D eigenvalue weighted by molar-refractivity contribution is 8.00. The van der Waals surface area contributed by atoms with Crippen LogP contribution in [0.2, 0.25) is 0 Å². The monoisotopic (exact) mass is 389 g/mol. The van der Waals surface area contributed by atoms with Gasteiger partial charge in [-0.3, -0.25) is 9.59 Å². The van der Waals surface area contributed by atoms with Crippen molar-refractivity contribution >= 4 is 23.6 Å². The van der Waals surface area contributed by atoms with Gasteiger partial charge in [-0.15, -0.1) is 11.8 Å². The van der Waals surface area contributed by atoms with Gasteiger partial charge in [0.2, 0.25) is 5.91 Å². The Kier molecular flexibility index (Phi) is 7.59. The van der Waals surface area contributed by atoms with E-state index >= 15 is 0 Å². The topological polar surface area (TPSA) is 75.4 Å². The number of thioether (sulfide) groups is 1. The van der Waals surface area contributed by atoms with Crippen molar-refractivity contribution in [1.82, 2.24) is 10.2 Å². The van der Waals surface area contributed by atoms with Crippen molar-refractivity contribution < 1.29 is 9.59 Å². The molecule has 27 heavy (non-hydrogen) atoms. The Morgan fingerprint density at radius 1 is 1.11 bits per heavy atom. The van der Waals surface area contributed by atoms with Crippen molar-refractivity contribution in [3.63, 3.8) is 0 Å². The molecule has 0 bridgehead atoms. The highest BCUT2D eigenvalue weighted by Gasteiger charge is 2.24. The maximum absolute atomic E-state index is 12.9. The van der Waals surface area contributed by atoms with E-state index in [0.29, 0.717) is 23.8 Å². The number of nitrogens with two attached hydrogens (primary N) is 1. The molecule has 0 aromatic heterocycles. The molecule has 1 aliphatic heterocycles. The second-order valence-corrected chi connectivity index (χ2v) is 8.76. The van der Waals surface area contributed by atoms with E-state index in [1.54, 1.807) is 0 Å². The van der Waals surface area contributed by atoms with E-state index in [1.807, 2.05) is 29.2 Å². The van der Waals surface area contributed by atoms with Crippen LogP contribution in [-0.4, -0.2) is 48.1 Å². The molecule has 1 aromatic rings. The van der Waals surface area contributed by atoms with E-state index in [2.05, 4.69) is 5.32 Å². The van der Waals surface area contributed by atoms with Crippen LogP contribution in [0.5, 0.6) is 0 Å². The summed E-state index contributed by atoms with van der Waals surface area (Å²) in [6.45, 7) is 2.15. The summed E-state index contributed by atoms with van der Waals surface area (Å²) in [6.07, 6.45) is 8.27. The molecule has 0 radical (unpaired) electrons. The van der Waals surface area contributed by atoms with Gasteiger partial charge in [-0.05, 0) is 43.7 Å². The normalized spacial score (nSPS) is 21.1. The molecule has 3 N–H and O–H groups in total. The van der Waals surface area contributed by atoms with Crippen molar-refractivity contribution in [2.45, 2.75) is 55.9 Å². The number of hydrogen-bond acceptors (Lipinski definition) is 4. The van der Waals surface area contributed by atoms with Gasteiger partial charge in [-0.25, -0.2) is 0 Å². The van der Waals surface area contributed by atoms with Crippen LogP contribution in [0.3, 0.4) is 0 Å². The molecule has 5 nitrogen and oxygen atoms in total. The first kappa shape index (κ1) is 20.2. The van der Waals surface area contributed by atoms with E-state index in [0.717, 1.165) is 30.8 Å². The zero-order chi connectivity index (χ0) is 19.1. The fraction of sp³-hybridized carbons (Fsp3) is 0.619. The van der Waals surface area contributed by atoms with Gasteiger partial charge in [-0.2, -0.15) is 0 Å². The Balaban J connectivity index is 1.52. The number of rotatable bonds is 6.